The molecule has 4 aliphatic rings. The van der Waals surface area contributed by atoms with Gasteiger partial charge >= 0.3 is 6.09 Å². The average molecular weight is 717 g/mol. The number of benzene rings is 2. The van der Waals surface area contributed by atoms with Crippen LogP contribution in [0.4, 0.5) is 4.79 Å². The number of hydrogen-bond acceptors (Lipinski definition) is 7. The van der Waals surface area contributed by atoms with Gasteiger partial charge in [0.2, 0.25) is 0 Å². The Balaban J connectivity index is 0.000000199. The summed E-state index contributed by atoms with van der Waals surface area (Å²) in [5.74, 6) is 1.76. The lowest BCUT2D eigenvalue weighted by Gasteiger charge is -2.42. The van der Waals surface area contributed by atoms with Gasteiger partial charge in [-0.25, -0.2) is 22.7 Å². The molecule has 49 heavy (non-hydrogen) atoms. The van der Waals surface area contributed by atoms with Crippen LogP contribution >= 0.6 is 0 Å². The largest absolute Gasteiger partial charge is 0.485 e. The van der Waals surface area contributed by atoms with Gasteiger partial charge < -0.3 is 24.4 Å². The van der Waals surface area contributed by atoms with Crippen molar-refractivity contribution in [2.75, 3.05) is 26.2 Å². The SMILES string of the molecule is CC(C)(C)OC(=O)N1CCC2(CC1)Oc1ccccc1[C@H]2N[S@](=O)C(C)(C)C.CC(C)(C)[S@@](=O)N[C@@H]1c2ccccc2OC12CCNCC2. The molecule has 4 heterocycles. The average Bonchev–Trinajstić information content (AvgIpc) is 3.47. The van der Waals surface area contributed by atoms with Crippen LogP contribution in [0.2, 0.25) is 0 Å². The summed E-state index contributed by atoms with van der Waals surface area (Å²) in [6.07, 6.45) is 2.88. The van der Waals surface area contributed by atoms with E-state index in [-0.39, 0.29) is 33.3 Å². The zero-order chi connectivity index (χ0) is 35.8. The Morgan fingerprint density at radius 1 is 0.735 bits per heavy atom. The highest BCUT2D eigenvalue weighted by molar-refractivity contribution is 7.84. The predicted molar refractivity (Wildman–Crippen MR) is 196 cm³/mol. The van der Waals surface area contributed by atoms with Crippen LogP contribution in [-0.4, -0.2) is 71.9 Å². The van der Waals surface area contributed by atoms with Crippen molar-refractivity contribution in [1.82, 2.24) is 19.7 Å². The van der Waals surface area contributed by atoms with Gasteiger partial charge in [-0.15, -0.1) is 0 Å². The fraction of sp³-hybridized carbons (Fsp3) is 0.649. The highest BCUT2D eigenvalue weighted by atomic mass is 32.2. The van der Waals surface area contributed by atoms with Gasteiger partial charge in [-0.3, -0.25) is 0 Å². The zero-order valence-corrected chi connectivity index (χ0v) is 32.3. The van der Waals surface area contributed by atoms with Gasteiger partial charge in [0.25, 0.3) is 0 Å². The summed E-state index contributed by atoms with van der Waals surface area (Å²) in [4.78, 5) is 14.2. The maximum Gasteiger partial charge on any atom is 0.410 e. The molecular weight excluding hydrogens is 661 g/mol. The minimum atomic E-state index is -1.23. The number of carbonyl (C=O) groups is 1. The number of nitrogens with one attached hydrogen (secondary N) is 3. The Labute approximate surface area is 298 Å². The predicted octanol–water partition coefficient (Wildman–Crippen LogP) is 6.24. The molecule has 0 bridgehead atoms. The quantitative estimate of drug-likeness (QED) is 0.343. The van der Waals surface area contributed by atoms with Crippen molar-refractivity contribution in [1.29, 1.82) is 0 Å². The van der Waals surface area contributed by atoms with Gasteiger partial charge in [0.05, 0.1) is 43.5 Å². The highest BCUT2D eigenvalue weighted by Gasteiger charge is 2.52. The topological polar surface area (TPSA) is 118 Å². The van der Waals surface area contributed by atoms with Crippen LogP contribution in [0.1, 0.15) is 111 Å². The summed E-state index contributed by atoms with van der Waals surface area (Å²) in [5, 5.41) is 3.38. The Morgan fingerprint density at radius 2 is 1.14 bits per heavy atom. The first-order valence-electron chi connectivity index (χ1n) is 17.4. The Hall–Kier alpha value is -2.51. The van der Waals surface area contributed by atoms with Crippen molar-refractivity contribution in [3.63, 3.8) is 0 Å². The van der Waals surface area contributed by atoms with Gasteiger partial charge in [0.1, 0.15) is 28.3 Å². The van der Waals surface area contributed by atoms with Crippen molar-refractivity contribution in [2.24, 2.45) is 0 Å². The molecule has 0 unspecified atom stereocenters. The molecule has 0 saturated carbocycles. The van der Waals surface area contributed by atoms with Crippen molar-refractivity contribution in [3.8, 4) is 11.5 Å². The fourth-order valence-electron chi connectivity index (χ4n) is 6.68. The summed E-state index contributed by atoms with van der Waals surface area (Å²) >= 11 is 0. The number of carbonyl (C=O) groups excluding carboxylic acids is 1. The molecule has 2 fully saturated rings. The second-order valence-electron chi connectivity index (χ2n) is 16.5. The molecule has 3 N–H and O–H groups in total. The number of rotatable bonds is 4. The van der Waals surface area contributed by atoms with Crippen molar-refractivity contribution >= 4 is 28.1 Å². The monoisotopic (exact) mass is 716 g/mol. The number of likely N-dealkylation sites (tertiary alicyclic amines) is 1. The Bertz CT molecular complexity index is 1530. The molecule has 1 amide bonds. The lowest BCUT2D eigenvalue weighted by molar-refractivity contribution is -0.0202. The first-order chi connectivity index (χ1) is 22.8. The minimum Gasteiger partial charge on any atom is -0.485 e. The van der Waals surface area contributed by atoms with Gasteiger partial charge in [-0.1, -0.05) is 36.4 Å². The van der Waals surface area contributed by atoms with E-state index < -0.39 is 33.2 Å². The molecule has 12 heteroatoms. The lowest BCUT2D eigenvalue weighted by atomic mass is 9.83. The fourth-order valence-corrected chi connectivity index (χ4v) is 8.50. The third kappa shape index (κ3) is 8.52. The van der Waals surface area contributed by atoms with Gasteiger partial charge in [-0.2, -0.15) is 0 Å². The number of para-hydroxylation sites is 2. The first-order valence-corrected chi connectivity index (χ1v) is 19.7. The summed E-state index contributed by atoms with van der Waals surface area (Å²) in [6.45, 7) is 20.4. The zero-order valence-electron chi connectivity index (χ0n) is 30.6. The second-order valence-corrected chi connectivity index (χ2v) is 20.5. The van der Waals surface area contributed by atoms with Gasteiger partial charge in [-0.05, 0) is 87.5 Å². The maximum absolute atomic E-state index is 12.8. The number of ether oxygens (including phenoxy) is 3. The molecule has 10 nitrogen and oxygen atoms in total. The maximum atomic E-state index is 12.8. The Morgan fingerprint density at radius 3 is 1.55 bits per heavy atom. The van der Waals surface area contributed by atoms with Crippen molar-refractivity contribution in [2.45, 2.75) is 126 Å². The third-order valence-corrected chi connectivity index (χ3v) is 12.5. The summed E-state index contributed by atoms with van der Waals surface area (Å²) in [6, 6.07) is 15.9. The van der Waals surface area contributed by atoms with E-state index in [1.54, 1.807) is 4.90 Å². The molecule has 4 atom stereocenters. The van der Waals surface area contributed by atoms with Crippen LogP contribution in [0.15, 0.2) is 48.5 Å². The Kier molecular flexibility index (Phi) is 11.0. The van der Waals surface area contributed by atoms with Crippen LogP contribution in [0.25, 0.3) is 0 Å². The first kappa shape index (κ1) is 37.7. The smallest absolute Gasteiger partial charge is 0.410 e. The van der Waals surface area contributed by atoms with E-state index in [4.69, 9.17) is 14.2 Å². The van der Waals surface area contributed by atoms with Crippen LogP contribution in [0, 0.1) is 0 Å². The van der Waals surface area contributed by atoms with Gasteiger partial charge in [0.15, 0.2) is 0 Å². The van der Waals surface area contributed by atoms with Crippen LogP contribution in [0.5, 0.6) is 11.5 Å². The molecule has 4 aliphatic heterocycles. The number of fused-ring (bicyclic) bond motifs is 2. The molecule has 272 valence electrons. The number of nitrogens with zero attached hydrogens (tertiary/aromatic N) is 1. The van der Waals surface area contributed by atoms with Crippen molar-refractivity contribution < 1.29 is 27.4 Å². The standard InChI is InChI=1S/C21H32N2O4S.C16H24N2O2S/c1-19(2,3)27-18(24)23-13-11-21(12-14-23)17(22-28(25)20(4,5)6)15-9-7-8-10-16(15)26-21;1-15(2,3)21(19)18-14-12-6-4-5-7-13(12)20-16(14)8-10-17-11-9-16/h7-10,17,22H,11-14H2,1-6H3;4-7,14,17-18H,8-11H2,1-3H3/t17-,28-;14-,21-/m11/s1. The van der Waals surface area contributed by atoms with E-state index in [0.29, 0.717) is 25.9 Å². The summed E-state index contributed by atoms with van der Waals surface area (Å²) < 4.78 is 49.7. The van der Waals surface area contributed by atoms with E-state index in [2.05, 4.69) is 20.8 Å². The van der Waals surface area contributed by atoms with Crippen molar-refractivity contribution in [3.05, 3.63) is 59.7 Å². The minimum absolute atomic E-state index is 0.00383. The third-order valence-electron chi connectivity index (χ3n) is 9.41. The molecule has 0 aromatic heterocycles. The summed E-state index contributed by atoms with van der Waals surface area (Å²) in [7, 11) is -2.34. The molecular formula is C37H56N4O6S2. The van der Waals surface area contributed by atoms with E-state index in [1.807, 2.05) is 105 Å². The lowest BCUT2D eigenvalue weighted by Crippen LogP contribution is -2.55. The van der Waals surface area contributed by atoms with E-state index in [1.165, 1.54) is 0 Å². The number of hydrogen-bond donors (Lipinski definition) is 3. The van der Waals surface area contributed by atoms with E-state index in [9.17, 15) is 13.2 Å². The highest BCUT2D eigenvalue weighted by Crippen LogP contribution is 2.49. The second kappa shape index (κ2) is 14.3. The van der Waals surface area contributed by atoms with E-state index >= 15 is 0 Å². The molecule has 6 rings (SSSR count). The van der Waals surface area contributed by atoms with Crippen LogP contribution < -0.4 is 24.2 Å². The van der Waals surface area contributed by atoms with Crippen LogP contribution in [0.3, 0.4) is 0 Å². The normalized spacial score (nSPS) is 23.7. The molecule has 0 aliphatic carbocycles. The molecule has 2 spiro atoms. The van der Waals surface area contributed by atoms with E-state index in [0.717, 1.165) is 48.6 Å². The number of amides is 1. The molecule has 2 aromatic rings. The molecule has 0 radical (unpaired) electrons. The van der Waals surface area contributed by atoms with Crippen LogP contribution in [-0.2, 0) is 26.7 Å². The number of piperidine rings is 2. The van der Waals surface area contributed by atoms with Gasteiger partial charge in [0, 0.05) is 49.9 Å². The summed E-state index contributed by atoms with van der Waals surface area (Å²) in [5.41, 5.74) is 0.877. The molecule has 2 aromatic carbocycles. The molecule has 2 saturated heterocycles.